The summed E-state index contributed by atoms with van der Waals surface area (Å²) in [5.74, 6) is 1.99. The predicted molar refractivity (Wildman–Crippen MR) is 102 cm³/mol. The van der Waals surface area contributed by atoms with Crippen LogP contribution in [0.15, 0.2) is 42.5 Å². The summed E-state index contributed by atoms with van der Waals surface area (Å²) in [4.78, 5) is 14.7. The largest absolute Gasteiger partial charge is 0.478 e. The molecule has 5 rings (SSSR count). The molecule has 0 aromatic heterocycles. The zero-order valence-corrected chi connectivity index (χ0v) is 15.9. The number of β-lactam (4-membered cyclic amide) rings is 1. The molecule has 2 aromatic rings. The number of fused-ring (bicyclic) bond motifs is 1. The normalized spacial score (nSPS) is 25.7. The van der Waals surface area contributed by atoms with E-state index in [-0.39, 0.29) is 24.8 Å². The van der Waals surface area contributed by atoms with Gasteiger partial charge in [0.1, 0.15) is 11.8 Å². The molecule has 1 amide bonds. The molecular formula is C21H20ClNO5. The minimum Gasteiger partial charge on any atom is -0.478 e. The second kappa shape index (κ2) is 7.18. The van der Waals surface area contributed by atoms with E-state index in [9.17, 15) is 4.79 Å². The second-order valence-electron chi connectivity index (χ2n) is 7.18. The molecule has 3 aliphatic heterocycles. The van der Waals surface area contributed by atoms with Crippen molar-refractivity contribution in [3.8, 4) is 17.2 Å². The monoisotopic (exact) mass is 401 g/mol. The van der Waals surface area contributed by atoms with Crippen molar-refractivity contribution in [3.63, 3.8) is 0 Å². The van der Waals surface area contributed by atoms with Crippen molar-refractivity contribution >= 4 is 17.5 Å². The third-order valence-corrected chi connectivity index (χ3v) is 5.64. The summed E-state index contributed by atoms with van der Waals surface area (Å²) >= 11 is 5.95. The Morgan fingerprint density at radius 2 is 1.93 bits per heavy atom. The number of nitrogens with zero attached hydrogens (tertiary/aromatic N) is 1. The van der Waals surface area contributed by atoms with Crippen molar-refractivity contribution in [3.05, 3.63) is 53.1 Å². The molecule has 3 unspecified atom stereocenters. The molecule has 3 aliphatic rings. The highest BCUT2D eigenvalue weighted by Crippen LogP contribution is 2.42. The van der Waals surface area contributed by atoms with Gasteiger partial charge in [-0.25, -0.2) is 0 Å². The van der Waals surface area contributed by atoms with Crippen LogP contribution in [0.3, 0.4) is 0 Å². The summed E-state index contributed by atoms with van der Waals surface area (Å²) in [7, 11) is 0. The number of carbonyl (C=O) groups excluding carboxylic acids is 1. The van der Waals surface area contributed by atoms with E-state index in [4.69, 9.17) is 30.5 Å². The maximum Gasteiger partial charge on any atom is 0.266 e. The van der Waals surface area contributed by atoms with Gasteiger partial charge < -0.3 is 23.8 Å². The number of amides is 1. The van der Waals surface area contributed by atoms with E-state index in [1.807, 2.05) is 23.1 Å². The number of ether oxygens (including phenoxy) is 4. The van der Waals surface area contributed by atoms with Gasteiger partial charge >= 0.3 is 0 Å². The highest BCUT2D eigenvalue weighted by atomic mass is 35.5. The smallest absolute Gasteiger partial charge is 0.266 e. The highest BCUT2D eigenvalue weighted by molar-refractivity contribution is 6.30. The zero-order chi connectivity index (χ0) is 19.1. The van der Waals surface area contributed by atoms with E-state index in [0.717, 1.165) is 30.8 Å². The Bertz CT molecular complexity index is 881. The van der Waals surface area contributed by atoms with E-state index in [1.54, 1.807) is 24.3 Å². The van der Waals surface area contributed by atoms with Crippen molar-refractivity contribution in [2.75, 3.05) is 19.9 Å². The lowest BCUT2D eigenvalue weighted by atomic mass is 9.89. The molecule has 0 saturated carbocycles. The topological polar surface area (TPSA) is 57.2 Å². The van der Waals surface area contributed by atoms with Gasteiger partial charge in [-0.15, -0.1) is 0 Å². The van der Waals surface area contributed by atoms with Gasteiger partial charge in [0.05, 0.1) is 6.10 Å². The minimum absolute atomic E-state index is 0.0342. The van der Waals surface area contributed by atoms with E-state index in [2.05, 4.69) is 0 Å². The van der Waals surface area contributed by atoms with Crippen molar-refractivity contribution in [2.45, 2.75) is 31.1 Å². The fraction of sp³-hybridized carbons (Fsp3) is 0.381. The van der Waals surface area contributed by atoms with Crippen LogP contribution in [0.4, 0.5) is 0 Å². The molecule has 2 aromatic carbocycles. The maximum atomic E-state index is 12.9. The average molecular weight is 402 g/mol. The summed E-state index contributed by atoms with van der Waals surface area (Å²) in [6.07, 6.45) is 1.49. The van der Waals surface area contributed by atoms with E-state index < -0.39 is 6.10 Å². The van der Waals surface area contributed by atoms with Crippen LogP contribution in [-0.2, 0) is 9.53 Å². The Morgan fingerprint density at radius 3 is 2.71 bits per heavy atom. The van der Waals surface area contributed by atoms with E-state index >= 15 is 0 Å². The predicted octanol–water partition coefficient (Wildman–Crippen LogP) is 3.58. The molecule has 0 N–H and O–H groups in total. The summed E-state index contributed by atoms with van der Waals surface area (Å²) in [6.45, 7) is 1.54. The quantitative estimate of drug-likeness (QED) is 0.717. The number of hydrogen-bond acceptors (Lipinski definition) is 5. The number of carbonyl (C=O) groups is 1. The second-order valence-corrected chi connectivity index (χ2v) is 7.61. The molecule has 2 fully saturated rings. The SMILES string of the molecule is O=C1C(Oc2ccc(Cl)cc2)C(c2ccc3c(c2)OCO3)N1CC1CCCO1. The molecule has 3 heterocycles. The Balaban J connectivity index is 1.41. The third kappa shape index (κ3) is 3.16. The van der Waals surface area contributed by atoms with Crippen LogP contribution in [0.1, 0.15) is 24.4 Å². The first-order valence-corrected chi connectivity index (χ1v) is 9.81. The summed E-state index contributed by atoms with van der Waals surface area (Å²) < 4.78 is 22.7. The number of halogens is 1. The molecule has 0 radical (unpaired) electrons. The number of likely N-dealkylation sites (tertiary alicyclic amines) is 1. The molecule has 6 nitrogen and oxygen atoms in total. The van der Waals surface area contributed by atoms with Crippen LogP contribution in [0.25, 0.3) is 0 Å². The molecule has 2 saturated heterocycles. The van der Waals surface area contributed by atoms with Crippen LogP contribution in [0, 0.1) is 0 Å². The Kier molecular flexibility index (Phi) is 4.53. The van der Waals surface area contributed by atoms with Gasteiger partial charge in [-0.3, -0.25) is 4.79 Å². The van der Waals surface area contributed by atoms with Gasteiger partial charge in [-0.1, -0.05) is 17.7 Å². The van der Waals surface area contributed by atoms with Crippen molar-refractivity contribution < 1.29 is 23.7 Å². The van der Waals surface area contributed by atoms with E-state index in [0.29, 0.717) is 23.1 Å². The van der Waals surface area contributed by atoms with Gasteiger partial charge in [0.2, 0.25) is 12.9 Å². The average Bonchev–Trinajstić information content (AvgIpc) is 3.39. The molecule has 0 bridgehead atoms. The Hall–Kier alpha value is -2.44. The molecule has 3 atom stereocenters. The molecule has 0 spiro atoms. The van der Waals surface area contributed by atoms with Gasteiger partial charge in [0.15, 0.2) is 11.5 Å². The molecule has 146 valence electrons. The minimum atomic E-state index is -0.594. The molecule has 0 aliphatic carbocycles. The summed E-state index contributed by atoms with van der Waals surface area (Å²) in [5.41, 5.74) is 0.959. The van der Waals surface area contributed by atoms with Gasteiger partial charge in [0, 0.05) is 18.2 Å². The fourth-order valence-corrected chi connectivity index (χ4v) is 4.08. The Morgan fingerprint density at radius 1 is 1.11 bits per heavy atom. The van der Waals surface area contributed by atoms with Gasteiger partial charge in [-0.2, -0.15) is 0 Å². The van der Waals surface area contributed by atoms with Crippen LogP contribution < -0.4 is 14.2 Å². The van der Waals surface area contributed by atoms with Gasteiger partial charge in [-0.05, 0) is 54.8 Å². The maximum absolute atomic E-state index is 12.9. The third-order valence-electron chi connectivity index (χ3n) is 5.39. The van der Waals surface area contributed by atoms with Gasteiger partial charge in [0.25, 0.3) is 5.91 Å². The van der Waals surface area contributed by atoms with Crippen LogP contribution in [0.5, 0.6) is 17.2 Å². The highest BCUT2D eigenvalue weighted by Gasteiger charge is 2.51. The van der Waals surface area contributed by atoms with Crippen LogP contribution in [-0.4, -0.2) is 43.0 Å². The number of benzene rings is 2. The Labute approximate surface area is 167 Å². The first-order valence-electron chi connectivity index (χ1n) is 9.43. The van der Waals surface area contributed by atoms with Crippen LogP contribution >= 0.6 is 11.6 Å². The summed E-state index contributed by atoms with van der Waals surface area (Å²) in [5, 5.41) is 0.625. The lowest BCUT2D eigenvalue weighted by Crippen LogP contribution is -2.62. The molecule has 7 heteroatoms. The number of hydrogen-bond donors (Lipinski definition) is 0. The summed E-state index contributed by atoms with van der Waals surface area (Å²) in [6, 6.07) is 12.6. The lowest BCUT2D eigenvalue weighted by Gasteiger charge is -2.47. The number of rotatable bonds is 5. The lowest BCUT2D eigenvalue weighted by molar-refractivity contribution is -0.167. The first kappa shape index (κ1) is 17.6. The first-order chi connectivity index (χ1) is 13.7. The molecule has 28 heavy (non-hydrogen) atoms. The zero-order valence-electron chi connectivity index (χ0n) is 15.2. The van der Waals surface area contributed by atoms with Crippen molar-refractivity contribution in [2.24, 2.45) is 0 Å². The van der Waals surface area contributed by atoms with Crippen molar-refractivity contribution in [1.82, 2.24) is 4.90 Å². The molecular weight excluding hydrogens is 382 g/mol. The van der Waals surface area contributed by atoms with E-state index in [1.165, 1.54) is 0 Å². The fourth-order valence-electron chi connectivity index (χ4n) is 3.95. The standard InChI is InChI=1S/C21H20ClNO5/c22-14-4-6-15(7-5-14)28-20-19(13-3-8-17-18(10-13)27-12-26-17)23(21(20)24)11-16-2-1-9-25-16/h3-8,10,16,19-20H,1-2,9,11-12H2. The van der Waals surface area contributed by atoms with Crippen molar-refractivity contribution in [1.29, 1.82) is 0 Å². The van der Waals surface area contributed by atoms with Crippen LogP contribution in [0.2, 0.25) is 5.02 Å².